The molecule has 2 heterocycles. The molecule has 0 unspecified atom stereocenters. The van der Waals surface area contributed by atoms with Crippen LogP contribution < -0.4 is 15.5 Å². The minimum atomic E-state index is -0.946. The number of nitrogens with two attached hydrogens (primary N) is 1. The molecule has 58 heavy (non-hydrogen) atoms. The van der Waals surface area contributed by atoms with Crippen molar-refractivity contribution in [1.82, 2.24) is 9.80 Å². The Hall–Kier alpha value is -5.98. The van der Waals surface area contributed by atoms with E-state index in [9.17, 15) is 45.5 Å². The van der Waals surface area contributed by atoms with Gasteiger partial charge in [0.2, 0.25) is 0 Å². The van der Waals surface area contributed by atoms with E-state index in [0.717, 1.165) is 46.2 Å². The Labute approximate surface area is 329 Å². The lowest BCUT2D eigenvalue weighted by atomic mass is 10.1. The number of hydrogen-bond donors (Lipinski definition) is 1. The van der Waals surface area contributed by atoms with E-state index < -0.39 is 58.7 Å². The number of ketones is 1. The van der Waals surface area contributed by atoms with Crippen LogP contribution in [0.3, 0.4) is 0 Å². The summed E-state index contributed by atoms with van der Waals surface area (Å²) in [6, 6.07) is 11.9. The number of rotatable bonds is 9. The minimum absolute atomic E-state index is 0.00719. The van der Waals surface area contributed by atoms with Gasteiger partial charge < -0.3 is 29.7 Å². The van der Waals surface area contributed by atoms with E-state index in [1.807, 2.05) is 0 Å². The molecule has 0 saturated carbocycles. The normalized spacial score (nSPS) is 13.9. The van der Waals surface area contributed by atoms with Crippen molar-refractivity contribution < 1.29 is 59.7 Å². The lowest BCUT2D eigenvalue weighted by molar-refractivity contribution is 0.0547. The molecule has 0 radical (unpaired) electrons. The zero-order valence-electron chi connectivity index (χ0n) is 31.2. The summed E-state index contributed by atoms with van der Waals surface area (Å²) in [5.74, 6) is -6.09. The van der Waals surface area contributed by atoms with Crippen molar-refractivity contribution in [2.45, 2.75) is 13.1 Å². The van der Waals surface area contributed by atoms with Gasteiger partial charge in [0.05, 0.1) is 70.1 Å². The Kier molecular flexibility index (Phi) is 14.8. The summed E-state index contributed by atoms with van der Waals surface area (Å²) >= 11 is 0. The fourth-order valence-corrected chi connectivity index (χ4v) is 5.99. The molecule has 2 saturated heterocycles. The quantitative estimate of drug-likeness (QED) is 0.123. The van der Waals surface area contributed by atoms with E-state index in [1.165, 1.54) is 41.2 Å². The van der Waals surface area contributed by atoms with Crippen LogP contribution in [0, 0.1) is 34.9 Å². The standard InChI is InChI=1S/C20H20F3N3O3.C20H19F3N2O4/c21-15-3-4-18(17(23)10-15)26(20(28)25-5-7-29-8-6-25)12-14-2-1-13(9-16(14)22)19(27)11-24;1-28-19(26)13-2-3-14(16(22)10-13)12-25(18-5-4-15(21)11-17(18)23)20(27)24-6-8-29-9-7-24/h1-4,9-10H,5-8,11-12,24H2;2-5,10-11H,6-9,12H2,1H3. The molecule has 0 aliphatic carbocycles. The fraction of sp³-hybridized carbons (Fsp3) is 0.300. The average molecular weight is 816 g/mol. The number of amides is 4. The Balaban J connectivity index is 0.000000221. The number of Topliss-reactive ketones (excluding diaryl/α,β-unsaturated/α-hetero) is 1. The lowest BCUT2D eigenvalue weighted by Crippen LogP contribution is -2.48. The monoisotopic (exact) mass is 815 g/mol. The van der Waals surface area contributed by atoms with E-state index in [2.05, 4.69) is 4.74 Å². The number of hydrogen-bond acceptors (Lipinski definition) is 8. The number of esters is 1. The molecule has 2 fully saturated rings. The number of halogens is 6. The van der Waals surface area contributed by atoms with E-state index in [0.29, 0.717) is 64.7 Å². The first kappa shape index (κ1) is 43.1. The van der Waals surface area contributed by atoms with E-state index in [-0.39, 0.29) is 53.3 Å². The third-order valence-corrected chi connectivity index (χ3v) is 9.12. The molecule has 0 spiro atoms. The number of benzene rings is 4. The smallest absolute Gasteiger partial charge is 0.337 e. The van der Waals surface area contributed by atoms with Crippen molar-refractivity contribution in [3.05, 3.63) is 130 Å². The second-order valence-corrected chi connectivity index (χ2v) is 12.9. The minimum Gasteiger partial charge on any atom is -0.465 e. The molecule has 2 aliphatic heterocycles. The van der Waals surface area contributed by atoms with Gasteiger partial charge in [0.15, 0.2) is 5.78 Å². The first-order chi connectivity index (χ1) is 27.8. The SMILES string of the molecule is COC(=O)c1ccc(CN(C(=O)N2CCOCC2)c2ccc(F)cc2F)c(F)c1.NCC(=O)c1ccc(CN(C(=O)N2CCOCC2)c2ccc(F)cc2F)c(F)c1. The van der Waals surface area contributed by atoms with Crippen molar-refractivity contribution >= 4 is 35.2 Å². The Bertz CT molecular complexity index is 1980. The van der Waals surface area contributed by atoms with Gasteiger partial charge in [0.1, 0.15) is 34.9 Å². The maximum atomic E-state index is 14.6. The van der Waals surface area contributed by atoms with Gasteiger partial charge in [0.25, 0.3) is 0 Å². The third kappa shape index (κ3) is 10.7. The van der Waals surface area contributed by atoms with Crippen molar-refractivity contribution in [1.29, 1.82) is 0 Å². The Morgan fingerprint density at radius 2 is 1.02 bits per heavy atom. The lowest BCUT2D eigenvalue weighted by Gasteiger charge is -2.33. The summed E-state index contributed by atoms with van der Waals surface area (Å²) in [4.78, 5) is 54.2. The number of carbonyl (C=O) groups excluding carboxylic acids is 4. The first-order valence-corrected chi connectivity index (χ1v) is 17.9. The van der Waals surface area contributed by atoms with Crippen LogP contribution in [-0.4, -0.2) is 99.9 Å². The number of urea groups is 2. The maximum Gasteiger partial charge on any atom is 0.337 e. The van der Waals surface area contributed by atoms with Gasteiger partial charge in [0, 0.05) is 55.0 Å². The molecule has 308 valence electrons. The van der Waals surface area contributed by atoms with E-state index >= 15 is 0 Å². The summed E-state index contributed by atoms with van der Waals surface area (Å²) in [6.07, 6.45) is 0. The topological polar surface area (TPSA) is 135 Å². The second-order valence-electron chi connectivity index (χ2n) is 12.9. The van der Waals surface area contributed by atoms with Gasteiger partial charge in [-0.3, -0.25) is 14.6 Å². The van der Waals surface area contributed by atoms with Crippen molar-refractivity contribution in [3.63, 3.8) is 0 Å². The summed E-state index contributed by atoms with van der Waals surface area (Å²) < 4.78 is 99.6. The van der Waals surface area contributed by atoms with Crippen LogP contribution in [0.5, 0.6) is 0 Å². The molecule has 0 atom stereocenters. The highest BCUT2D eigenvalue weighted by Crippen LogP contribution is 2.27. The number of anilines is 2. The molecular formula is C40H39F6N5O7. The molecule has 12 nitrogen and oxygen atoms in total. The van der Waals surface area contributed by atoms with Gasteiger partial charge in [-0.2, -0.15) is 0 Å². The molecule has 2 N–H and O–H groups in total. The number of nitrogens with zero attached hydrogens (tertiary/aromatic N) is 4. The summed E-state index contributed by atoms with van der Waals surface area (Å²) in [7, 11) is 1.17. The molecule has 4 aromatic carbocycles. The first-order valence-electron chi connectivity index (χ1n) is 17.9. The van der Waals surface area contributed by atoms with Crippen LogP contribution in [0.4, 0.5) is 47.3 Å². The largest absolute Gasteiger partial charge is 0.465 e. The Morgan fingerprint density at radius 3 is 1.40 bits per heavy atom. The van der Waals surface area contributed by atoms with Crippen LogP contribution in [0.15, 0.2) is 72.8 Å². The second kappa shape index (κ2) is 19.9. The van der Waals surface area contributed by atoms with Crippen LogP contribution in [0.2, 0.25) is 0 Å². The number of methoxy groups -OCH3 is 1. The van der Waals surface area contributed by atoms with Gasteiger partial charge >= 0.3 is 18.0 Å². The highest BCUT2D eigenvalue weighted by Gasteiger charge is 2.29. The van der Waals surface area contributed by atoms with Crippen LogP contribution in [0.1, 0.15) is 31.8 Å². The fourth-order valence-electron chi connectivity index (χ4n) is 5.99. The zero-order chi connectivity index (χ0) is 41.9. The summed E-state index contributed by atoms with van der Waals surface area (Å²) in [6.45, 7) is 1.61. The van der Waals surface area contributed by atoms with E-state index in [1.54, 1.807) is 0 Å². The van der Waals surface area contributed by atoms with Gasteiger partial charge in [-0.25, -0.2) is 40.7 Å². The highest BCUT2D eigenvalue weighted by molar-refractivity contribution is 5.97. The molecule has 4 amide bonds. The predicted octanol–water partition coefficient (Wildman–Crippen LogP) is 6.05. The molecule has 4 aromatic rings. The average Bonchev–Trinajstić information content (AvgIpc) is 3.23. The molecule has 2 aliphatic rings. The molecule has 18 heteroatoms. The number of ether oxygens (including phenoxy) is 3. The summed E-state index contributed by atoms with van der Waals surface area (Å²) in [5.41, 5.74) is 5.17. The number of morpholine rings is 2. The van der Waals surface area contributed by atoms with Crippen LogP contribution in [-0.2, 0) is 27.3 Å². The predicted molar refractivity (Wildman–Crippen MR) is 198 cm³/mol. The van der Waals surface area contributed by atoms with Crippen molar-refractivity contribution in [3.8, 4) is 0 Å². The zero-order valence-corrected chi connectivity index (χ0v) is 31.2. The Morgan fingerprint density at radius 1 is 0.603 bits per heavy atom. The van der Waals surface area contributed by atoms with Crippen molar-refractivity contribution in [2.75, 3.05) is 76.1 Å². The highest BCUT2D eigenvalue weighted by atomic mass is 19.2. The van der Waals surface area contributed by atoms with E-state index in [4.69, 9.17) is 15.2 Å². The molecule has 6 rings (SSSR count). The number of carbonyl (C=O) groups is 4. The maximum absolute atomic E-state index is 14.6. The van der Waals surface area contributed by atoms with Crippen molar-refractivity contribution in [2.24, 2.45) is 5.73 Å². The van der Waals surface area contributed by atoms with Gasteiger partial charge in [-0.1, -0.05) is 18.2 Å². The van der Waals surface area contributed by atoms with Crippen LogP contribution in [0.25, 0.3) is 0 Å². The summed E-state index contributed by atoms with van der Waals surface area (Å²) in [5, 5.41) is 0. The van der Waals surface area contributed by atoms with Gasteiger partial charge in [-0.05, 0) is 42.5 Å². The van der Waals surface area contributed by atoms with Crippen LogP contribution >= 0.6 is 0 Å². The molecule has 0 bridgehead atoms. The molecule has 0 aromatic heterocycles. The third-order valence-electron chi connectivity index (χ3n) is 9.12. The van der Waals surface area contributed by atoms with Gasteiger partial charge in [-0.15, -0.1) is 0 Å². The molecular weight excluding hydrogens is 776 g/mol.